The van der Waals surface area contributed by atoms with Gasteiger partial charge in [-0.1, -0.05) is 24.3 Å². The molecule has 0 atom stereocenters. The SMILES string of the molecule is C=C(C)CNC(N)=NCc1ccc(C)cc1OC1CCCC1. The van der Waals surface area contributed by atoms with Gasteiger partial charge in [0.05, 0.1) is 12.6 Å². The second-order valence-corrected chi connectivity index (χ2v) is 6.15. The van der Waals surface area contributed by atoms with Gasteiger partial charge in [-0.3, -0.25) is 0 Å². The van der Waals surface area contributed by atoms with E-state index in [-0.39, 0.29) is 0 Å². The van der Waals surface area contributed by atoms with Crippen molar-refractivity contribution in [1.82, 2.24) is 5.32 Å². The number of hydrogen-bond acceptors (Lipinski definition) is 2. The lowest BCUT2D eigenvalue weighted by molar-refractivity contribution is 0.208. The number of aryl methyl sites for hydroxylation is 1. The zero-order chi connectivity index (χ0) is 15.9. The van der Waals surface area contributed by atoms with Gasteiger partial charge < -0.3 is 15.8 Å². The molecule has 0 aliphatic heterocycles. The summed E-state index contributed by atoms with van der Waals surface area (Å²) in [5.74, 6) is 1.39. The van der Waals surface area contributed by atoms with Crippen molar-refractivity contribution < 1.29 is 4.74 Å². The number of guanidine groups is 1. The first-order valence-electron chi connectivity index (χ1n) is 7.99. The van der Waals surface area contributed by atoms with Crippen molar-refractivity contribution in [3.05, 3.63) is 41.5 Å². The van der Waals surface area contributed by atoms with Crippen LogP contribution in [-0.2, 0) is 6.54 Å². The second kappa shape index (κ2) is 7.87. The number of ether oxygens (including phenoxy) is 1. The summed E-state index contributed by atoms with van der Waals surface area (Å²) < 4.78 is 6.17. The van der Waals surface area contributed by atoms with Crippen LogP contribution in [0.4, 0.5) is 0 Å². The number of nitrogens with one attached hydrogen (secondary N) is 1. The Bertz CT molecular complexity index is 545. The monoisotopic (exact) mass is 301 g/mol. The van der Waals surface area contributed by atoms with Crippen LogP contribution in [0.2, 0.25) is 0 Å². The predicted molar refractivity (Wildman–Crippen MR) is 92.2 cm³/mol. The number of aliphatic imine (C=N–C) groups is 1. The highest BCUT2D eigenvalue weighted by Gasteiger charge is 2.18. The smallest absolute Gasteiger partial charge is 0.189 e. The van der Waals surface area contributed by atoms with Crippen LogP contribution < -0.4 is 15.8 Å². The van der Waals surface area contributed by atoms with Crippen LogP contribution in [-0.4, -0.2) is 18.6 Å². The molecule has 3 N–H and O–H groups in total. The van der Waals surface area contributed by atoms with Gasteiger partial charge in [0.1, 0.15) is 5.75 Å². The molecule has 1 aliphatic carbocycles. The molecule has 0 heterocycles. The van der Waals surface area contributed by atoms with Gasteiger partial charge in [-0.25, -0.2) is 4.99 Å². The first-order valence-corrected chi connectivity index (χ1v) is 7.99. The topological polar surface area (TPSA) is 59.6 Å². The molecule has 0 radical (unpaired) electrons. The van der Waals surface area contributed by atoms with Gasteiger partial charge in [-0.05, 0) is 51.2 Å². The Morgan fingerprint density at radius 1 is 1.41 bits per heavy atom. The summed E-state index contributed by atoms with van der Waals surface area (Å²) in [6.45, 7) is 9.04. The highest BCUT2D eigenvalue weighted by atomic mass is 16.5. The molecule has 0 unspecified atom stereocenters. The molecule has 4 heteroatoms. The minimum atomic E-state index is 0.350. The van der Waals surface area contributed by atoms with Gasteiger partial charge >= 0.3 is 0 Å². The molecule has 0 spiro atoms. The standard InChI is InChI=1S/C18H27N3O/c1-13(2)11-20-18(19)21-12-15-9-8-14(3)10-17(15)22-16-6-4-5-7-16/h8-10,16H,1,4-7,11-12H2,2-3H3,(H3,19,20,21). The van der Waals surface area contributed by atoms with Crippen LogP contribution in [0.5, 0.6) is 5.75 Å². The van der Waals surface area contributed by atoms with E-state index in [1.807, 2.05) is 6.92 Å². The molecule has 1 fully saturated rings. The van der Waals surface area contributed by atoms with E-state index < -0.39 is 0 Å². The van der Waals surface area contributed by atoms with Crippen LogP contribution in [0, 0.1) is 6.92 Å². The third-order valence-corrected chi connectivity index (χ3v) is 3.81. The molecule has 22 heavy (non-hydrogen) atoms. The van der Waals surface area contributed by atoms with Crippen LogP contribution in [0.15, 0.2) is 35.3 Å². The third-order valence-electron chi connectivity index (χ3n) is 3.81. The highest BCUT2D eigenvalue weighted by Crippen LogP contribution is 2.28. The van der Waals surface area contributed by atoms with E-state index in [0.717, 1.165) is 29.7 Å². The quantitative estimate of drug-likeness (QED) is 0.481. The summed E-state index contributed by atoms with van der Waals surface area (Å²) in [5.41, 5.74) is 9.18. The van der Waals surface area contributed by atoms with Crippen molar-refractivity contribution in [3.63, 3.8) is 0 Å². The van der Waals surface area contributed by atoms with Gasteiger partial charge in [-0.15, -0.1) is 0 Å². The Kier molecular flexibility index (Phi) is 5.87. The molecule has 1 saturated carbocycles. The molecule has 2 rings (SSSR count). The van der Waals surface area contributed by atoms with Gasteiger partial charge in [0.25, 0.3) is 0 Å². The van der Waals surface area contributed by atoms with Crippen LogP contribution in [0.1, 0.15) is 43.7 Å². The minimum Gasteiger partial charge on any atom is -0.490 e. The number of hydrogen-bond donors (Lipinski definition) is 2. The summed E-state index contributed by atoms with van der Waals surface area (Å²) in [7, 11) is 0. The zero-order valence-electron chi connectivity index (χ0n) is 13.7. The molecule has 120 valence electrons. The average Bonchev–Trinajstić information content (AvgIpc) is 2.97. The third kappa shape index (κ3) is 5.10. The maximum absolute atomic E-state index is 6.17. The van der Waals surface area contributed by atoms with Crippen molar-refractivity contribution in [2.24, 2.45) is 10.7 Å². The highest BCUT2D eigenvalue weighted by molar-refractivity contribution is 5.78. The Morgan fingerprint density at radius 2 is 2.14 bits per heavy atom. The molecule has 0 saturated heterocycles. The van der Waals surface area contributed by atoms with Gasteiger partial charge in [-0.2, -0.15) is 0 Å². The van der Waals surface area contributed by atoms with Crippen molar-refractivity contribution in [2.45, 2.75) is 52.2 Å². The first-order chi connectivity index (χ1) is 10.5. The molecular weight excluding hydrogens is 274 g/mol. The number of nitrogens with zero attached hydrogens (tertiary/aromatic N) is 1. The van der Waals surface area contributed by atoms with E-state index >= 15 is 0 Å². The van der Waals surface area contributed by atoms with Crippen molar-refractivity contribution in [1.29, 1.82) is 0 Å². The van der Waals surface area contributed by atoms with Crippen molar-refractivity contribution in [2.75, 3.05) is 6.54 Å². The van der Waals surface area contributed by atoms with E-state index in [1.165, 1.54) is 18.4 Å². The first kappa shape index (κ1) is 16.4. The summed E-state index contributed by atoms with van der Waals surface area (Å²) in [6.07, 6.45) is 5.19. The molecule has 4 nitrogen and oxygen atoms in total. The number of nitrogens with two attached hydrogens (primary N) is 1. The molecule has 1 aromatic rings. The number of rotatable bonds is 6. The van der Waals surface area contributed by atoms with E-state index in [0.29, 0.717) is 25.2 Å². The molecule has 0 aromatic heterocycles. The molecule has 1 aliphatic rings. The largest absolute Gasteiger partial charge is 0.490 e. The molecule has 0 bridgehead atoms. The lowest BCUT2D eigenvalue weighted by Crippen LogP contribution is -2.32. The van der Waals surface area contributed by atoms with Crippen molar-refractivity contribution in [3.8, 4) is 5.75 Å². The van der Waals surface area contributed by atoms with Gasteiger partial charge in [0.15, 0.2) is 5.96 Å². The van der Waals surface area contributed by atoms with Gasteiger partial charge in [0.2, 0.25) is 0 Å². The summed E-state index contributed by atoms with van der Waals surface area (Å²) in [4.78, 5) is 4.39. The Hall–Kier alpha value is -1.97. The van der Waals surface area contributed by atoms with Crippen molar-refractivity contribution >= 4 is 5.96 Å². The zero-order valence-corrected chi connectivity index (χ0v) is 13.7. The maximum Gasteiger partial charge on any atom is 0.189 e. The van der Waals surface area contributed by atoms with Crippen LogP contribution in [0.25, 0.3) is 0 Å². The lowest BCUT2D eigenvalue weighted by Gasteiger charge is -2.16. The fourth-order valence-electron chi connectivity index (χ4n) is 2.56. The predicted octanol–water partition coefficient (Wildman–Crippen LogP) is 3.30. The normalized spacial score (nSPS) is 15.8. The minimum absolute atomic E-state index is 0.350. The summed E-state index contributed by atoms with van der Waals surface area (Å²) in [6, 6.07) is 6.26. The average molecular weight is 301 g/mol. The molecular formula is C18H27N3O. The maximum atomic E-state index is 6.17. The summed E-state index contributed by atoms with van der Waals surface area (Å²) >= 11 is 0. The molecule has 0 amide bonds. The second-order valence-electron chi connectivity index (χ2n) is 6.15. The van der Waals surface area contributed by atoms with E-state index in [2.05, 4.69) is 42.0 Å². The Morgan fingerprint density at radius 3 is 2.82 bits per heavy atom. The van der Waals surface area contributed by atoms with E-state index in [4.69, 9.17) is 10.5 Å². The fourth-order valence-corrected chi connectivity index (χ4v) is 2.56. The Labute approximate surface area is 133 Å². The summed E-state index contributed by atoms with van der Waals surface area (Å²) in [5, 5.41) is 3.04. The Balaban J connectivity index is 2.02. The van der Waals surface area contributed by atoms with E-state index in [1.54, 1.807) is 0 Å². The number of benzene rings is 1. The van der Waals surface area contributed by atoms with Gasteiger partial charge in [0, 0.05) is 12.1 Å². The lowest BCUT2D eigenvalue weighted by atomic mass is 10.1. The van der Waals surface area contributed by atoms with Crippen LogP contribution in [0.3, 0.4) is 0 Å². The van der Waals surface area contributed by atoms with Crippen LogP contribution >= 0.6 is 0 Å². The molecule has 1 aromatic carbocycles. The van der Waals surface area contributed by atoms with E-state index in [9.17, 15) is 0 Å². The fraction of sp³-hybridized carbons (Fsp3) is 0.500.